The quantitative estimate of drug-likeness (QED) is 0.309. The van der Waals surface area contributed by atoms with Gasteiger partial charge >= 0.3 is 0 Å². The number of carbonyl (C=O) groups is 1. The predicted molar refractivity (Wildman–Crippen MR) is 128 cm³/mol. The van der Waals surface area contributed by atoms with Crippen molar-refractivity contribution in [1.82, 2.24) is 5.01 Å². The highest BCUT2D eigenvalue weighted by molar-refractivity contribution is 6.30. The van der Waals surface area contributed by atoms with Gasteiger partial charge in [0.1, 0.15) is 11.8 Å². The van der Waals surface area contributed by atoms with Gasteiger partial charge in [-0.3, -0.25) is 14.9 Å². The average Bonchev–Trinajstić information content (AvgIpc) is 3.52. The lowest BCUT2D eigenvalue weighted by molar-refractivity contribution is -0.384. The van der Waals surface area contributed by atoms with Gasteiger partial charge in [-0.2, -0.15) is 5.10 Å². The molecule has 1 aliphatic rings. The highest BCUT2D eigenvalue weighted by atomic mass is 35.5. The van der Waals surface area contributed by atoms with Crippen molar-refractivity contribution < 1.29 is 19.2 Å². The van der Waals surface area contributed by atoms with E-state index in [0.29, 0.717) is 34.3 Å². The van der Waals surface area contributed by atoms with Crippen molar-refractivity contribution in [1.29, 1.82) is 0 Å². The number of nitro benzene ring substituents is 1. The standard InChI is InChI=1S/C23H22ClN5O5/c24-16-5-3-15(4-6-16)19-13-21(22-2-1-11-34-22)28(27-19)23(31)14-26-20-12-17(29(32)33)7-8-18(20)25-9-10-30/h1-8,11-12,21,25-26,30H,9-10,13-14H2. The molecule has 0 bridgehead atoms. The molecule has 1 unspecified atom stereocenters. The molecule has 11 heteroatoms. The van der Waals surface area contributed by atoms with Crippen LogP contribution in [0, 0.1) is 10.1 Å². The van der Waals surface area contributed by atoms with Gasteiger partial charge in [0.2, 0.25) is 0 Å². The van der Waals surface area contributed by atoms with E-state index >= 15 is 0 Å². The van der Waals surface area contributed by atoms with Crippen molar-refractivity contribution in [2.75, 3.05) is 30.3 Å². The second-order valence-corrected chi connectivity index (χ2v) is 7.95. The number of anilines is 2. The molecule has 10 nitrogen and oxygen atoms in total. The van der Waals surface area contributed by atoms with Crippen LogP contribution in [-0.2, 0) is 4.79 Å². The fraction of sp³-hybridized carbons (Fsp3) is 0.217. The number of hydrogen-bond acceptors (Lipinski definition) is 8. The lowest BCUT2D eigenvalue weighted by Gasteiger charge is -2.21. The first-order valence-corrected chi connectivity index (χ1v) is 10.9. The number of amides is 1. The predicted octanol–water partition coefficient (Wildman–Crippen LogP) is 4.04. The number of carbonyl (C=O) groups excluding carboxylic acids is 1. The van der Waals surface area contributed by atoms with E-state index < -0.39 is 11.0 Å². The summed E-state index contributed by atoms with van der Waals surface area (Å²) in [5, 5.41) is 32.8. The van der Waals surface area contributed by atoms with Gasteiger partial charge in [0.15, 0.2) is 0 Å². The third-order valence-corrected chi connectivity index (χ3v) is 5.54. The van der Waals surface area contributed by atoms with Crippen LogP contribution in [0.5, 0.6) is 0 Å². The van der Waals surface area contributed by atoms with Gasteiger partial charge in [-0.1, -0.05) is 23.7 Å². The number of aliphatic hydroxyl groups is 1. The van der Waals surface area contributed by atoms with Gasteiger partial charge in [0.25, 0.3) is 11.6 Å². The Morgan fingerprint density at radius 1 is 1.21 bits per heavy atom. The first-order valence-electron chi connectivity index (χ1n) is 10.5. The van der Waals surface area contributed by atoms with Crippen LogP contribution in [0.25, 0.3) is 0 Å². The lowest BCUT2D eigenvalue weighted by Crippen LogP contribution is -2.32. The van der Waals surface area contributed by atoms with E-state index in [9.17, 15) is 14.9 Å². The number of nitrogens with zero attached hydrogens (tertiary/aromatic N) is 3. The van der Waals surface area contributed by atoms with E-state index in [0.717, 1.165) is 5.56 Å². The highest BCUT2D eigenvalue weighted by Gasteiger charge is 2.34. The van der Waals surface area contributed by atoms with Crippen molar-refractivity contribution in [3.63, 3.8) is 0 Å². The van der Waals surface area contributed by atoms with E-state index in [-0.39, 0.29) is 31.3 Å². The van der Waals surface area contributed by atoms with Crippen LogP contribution in [0.2, 0.25) is 5.02 Å². The van der Waals surface area contributed by atoms with Crippen molar-refractivity contribution in [3.8, 4) is 0 Å². The molecule has 3 N–H and O–H groups in total. The normalized spacial score (nSPS) is 15.2. The van der Waals surface area contributed by atoms with Crippen LogP contribution in [0.4, 0.5) is 17.1 Å². The number of furan rings is 1. The Hall–Kier alpha value is -3.89. The summed E-state index contributed by atoms with van der Waals surface area (Å²) >= 11 is 5.99. The third-order valence-electron chi connectivity index (χ3n) is 5.29. The SMILES string of the molecule is O=C(CNc1cc([N+](=O)[O-])ccc1NCCO)N1N=C(c2ccc(Cl)cc2)CC1c1ccco1. The number of benzene rings is 2. The van der Waals surface area contributed by atoms with Crippen molar-refractivity contribution in [2.45, 2.75) is 12.5 Å². The van der Waals surface area contributed by atoms with E-state index in [2.05, 4.69) is 15.7 Å². The molecular weight excluding hydrogens is 462 g/mol. The molecule has 1 atom stereocenters. The van der Waals surface area contributed by atoms with Crippen LogP contribution in [0.3, 0.4) is 0 Å². The molecule has 34 heavy (non-hydrogen) atoms. The number of nitrogens with one attached hydrogen (secondary N) is 2. The monoisotopic (exact) mass is 483 g/mol. The number of aliphatic hydroxyl groups excluding tert-OH is 1. The second-order valence-electron chi connectivity index (χ2n) is 7.52. The average molecular weight is 484 g/mol. The Balaban J connectivity index is 1.56. The van der Waals surface area contributed by atoms with E-state index in [1.54, 1.807) is 30.5 Å². The second kappa shape index (κ2) is 10.4. The molecule has 0 spiro atoms. The highest BCUT2D eigenvalue weighted by Crippen LogP contribution is 2.34. The Morgan fingerprint density at radius 3 is 2.68 bits per heavy atom. The topological polar surface area (TPSA) is 133 Å². The minimum Gasteiger partial charge on any atom is -0.467 e. The van der Waals surface area contributed by atoms with Crippen LogP contribution in [0.15, 0.2) is 70.4 Å². The zero-order valence-electron chi connectivity index (χ0n) is 18.0. The molecule has 1 amide bonds. The largest absolute Gasteiger partial charge is 0.467 e. The molecule has 2 aromatic carbocycles. The summed E-state index contributed by atoms with van der Waals surface area (Å²) in [6.45, 7) is -0.0262. The molecule has 4 rings (SSSR count). The summed E-state index contributed by atoms with van der Waals surface area (Å²) in [6, 6.07) is 14.5. The fourth-order valence-corrected chi connectivity index (χ4v) is 3.77. The molecule has 0 saturated heterocycles. The van der Waals surface area contributed by atoms with Gasteiger partial charge in [0, 0.05) is 30.1 Å². The molecule has 2 heterocycles. The van der Waals surface area contributed by atoms with Crippen molar-refractivity contribution in [3.05, 3.63) is 87.3 Å². The number of halogens is 1. The molecule has 0 saturated carbocycles. The third kappa shape index (κ3) is 5.19. The van der Waals surface area contributed by atoms with Crippen LogP contribution < -0.4 is 10.6 Å². The first-order chi connectivity index (χ1) is 16.5. The van der Waals surface area contributed by atoms with Crippen molar-refractivity contribution in [2.24, 2.45) is 5.10 Å². The summed E-state index contributed by atoms with van der Waals surface area (Å²) in [6.07, 6.45) is 2.00. The smallest absolute Gasteiger partial charge is 0.271 e. The minimum absolute atomic E-state index is 0.115. The Bertz CT molecular complexity index is 1200. The molecule has 0 fully saturated rings. The van der Waals surface area contributed by atoms with E-state index in [1.165, 1.54) is 23.2 Å². The van der Waals surface area contributed by atoms with Gasteiger partial charge in [-0.05, 0) is 35.9 Å². The number of nitro groups is 1. The van der Waals surface area contributed by atoms with Crippen LogP contribution >= 0.6 is 11.6 Å². The maximum Gasteiger partial charge on any atom is 0.271 e. The molecule has 176 valence electrons. The molecular formula is C23H22ClN5O5. The minimum atomic E-state index is -0.515. The Kier molecular flexibility index (Phi) is 7.09. The molecule has 3 aromatic rings. The summed E-state index contributed by atoms with van der Waals surface area (Å²) in [4.78, 5) is 23.9. The summed E-state index contributed by atoms with van der Waals surface area (Å²) < 4.78 is 5.55. The summed E-state index contributed by atoms with van der Waals surface area (Å²) in [5.41, 5.74) is 2.33. The van der Waals surface area contributed by atoms with E-state index in [1.807, 2.05) is 12.1 Å². The van der Waals surface area contributed by atoms with E-state index in [4.69, 9.17) is 21.1 Å². The maximum absolute atomic E-state index is 13.2. The number of hydrogen-bond donors (Lipinski definition) is 3. The number of rotatable bonds is 9. The summed E-state index contributed by atoms with van der Waals surface area (Å²) in [5.74, 6) is 0.256. The van der Waals surface area contributed by atoms with Gasteiger partial charge in [-0.15, -0.1) is 0 Å². The van der Waals surface area contributed by atoms with Gasteiger partial charge < -0.3 is 20.2 Å². The van der Waals surface area contributed by atoms with Crippen LogP contribution in [-0.4, -0.2) is 46.4 Å². The molecule has 1 aliphatic heterocycles. The Morgan fingerprint density at radius 2 is 2.00 bits per heavy atom. The zero-order chi connectivity index (χ0) is 24.1. The maximum atomic E-state index is 13.2. The fourth-order valence-electron chi connectivity index (χ4n) is 3.65. The van der Waals surface area contributed by atoms with Crippen molar-refractivity contribution >= 4 is 40.3 Å². The summed E-state index contributed by atoms with van der Waals surface area (Å²) in [7, 11) is 0. The Labute approximate surface area is 200 Å². The zero-order valence-corrected chi connectivity index (χ0v) is 18.7. The number of hydrazone groups is 1. The van der Waals surface area contributed by atoms with Crippen LogP contribution in [0.1, 0.15) is 23.8 Å². The number of non-ortho nitro benzene ring substituents is 1. The first kappa shape index (κ1) is 23.3. The van der Waals surface area contributed by atoms with Gasteiger partial charge in [-0.25, -0.2) is 5.01 Å². The van der Waals surface area contributed by atoms with Gasteiger partial charge in [0.05, 0.1) is 41.4 Å². The molecule has 0 radical (unpaired) electrons. The lowest BCUT2D eigenvalue weighted by atomic mass is 10.0. The molecule has 0 aliphatic carbocycles. The molecule has 1 aromatic heterocycles.